The van der Waals surface area contributed by atoms with Crippen molar-refractivity contribution in [2.75, 3.05) is 7.11 Å². The lowest BCUT2D eigenvalue weighted by Crippen LogP contribution is -2.13. The monoisotopic (exact) mass is 262 g/mol. The first kappa shape index (κ1) is 11.1. The van der Waals surface area contributed by atoms with Gasteiger partial charge in [-0.05, 0) is 12.1 Å². The normalized spacial score (nSPS) is 12.3. The van der Waals surface area contributed by atoms with Gasteiger partial charge in [0.1, 0.15) is 5.82 Å². The molecule has 0 aliphatic carbocycles. The molecule has 0 heterocycles. The Hall–Kier alpha value is -0.940. The number of aliphatic hydroxyl groups excluding tert-OH is 1. The zero-order valence-corrected chi connectivity index (χ0v) is 8.92. The summed E-state index contributed by atoms with van der Waals surface area (Å²) in [5.41, 5.74) is 0.276. The minimum absolute atomic E-state index is 0.276. The van der Waals surface area contributed by atoms with Crippen LogP contribution in [-0.2, 0) is 9.53 Å². The molecule has 0 saturated carbocycles. The number of aliphatic hydroxyl groups is 1. The molecule has 1 N–H and O–H groups in total. The Labute approximate surface area is 88.6 Å². The van der Waals surface area contributed by atoms with E-state index in [9.17, 15) is 14.3 Å². The molecule has 5 heteroatoms. The third-order valence-electron chi connectivity index (χ3n) is 1.68. The number of benzene rings is 1. The fourth-order valence-corrected chi connectivity index (χ4v) is 1.53. The SMILES string of the molecule is COC(=O)C(O)c1ccc(F)cc1Br. The van der Waals surface area contributed by atoms with E-state index in [0.717, 1.165) is 6.07 Å². The van der Waals surface area contributed by atoms with Crippen molar-refractivity contribution in [2.24, 2.45) is 0 Å². The summed E-state index contributed by atoms with van der Waals surface area (Å²) < 4.78 is 17.3. The molecule has 0 bridgehead atoms. The number of esters is 1. The molecule has 3 nitrogen and oxygen atoms in total. The van der Waals surface area contributed by atoms with Gasteiger partial charge in [-0.1, -0.05) is 22.0 Å². The van der Waals surface area contributed by atoms with Crippen LogP contribution in [0, 0.1) is 5.82 Å². The lowest BCUT2D eigenvalue weighted by atomic mass is 10.1. The van der Waals surface area contributed by atoms with Gasteiger partial charge in [0.2, 0.25) is 0 Å². The number of hydrogen-bond acceptors (Lipinski definition) is 3. The Bertz CT molecular complexity index is 354. The molecule has 76 valence electrons. The van der Waals surface area contributed by atoms with Crippen molar-refractivity contribution in [3.8, 4) is 0 Å². The summed E-state index contributed by atoms with van der Waals surface area (Å²) in [6.45, 7) is 0. The number of carbonyl (C=O) groups excluding carboxylic acids is 1. The highest BCUT2D eigenvalue weighted by Gasteiger charge is 2.20. The van der Waals surface area contributed by atoms with E-state index in [1.807, 2.05) is 0 Å². The molecule has 1 aromatic rings. The Morgan fingerprint density at radius 3 is 2.79 bits per heavy atom. The molecule has 1 rings (SSSR count). The molecular weight excluding hydrogens is 255 g/mol. The minimum Gasteiger partial charge on any atom is -0.467 e. The van der Waals surface area contributed by atoms with Gasteiger partial charge in [0.25, 0.3) is 0 Å². The number of ether oxygens (including phenoxy) is 1. The van der Waals surface area contributed by atoms with Crippen LogP contribution in [0.15, 0.2) is 22.7 Å². The summed E-state index contributed by atoms with van der Waals surface area (Å²) in [5.74, 6) is -1.23. The summed E-state index contributed by atoms with van der Waals surface area (Å²) >= 11 is 3.04. The molecule has 1 unspecified atom stereocenters. The van der Waals surface area contributed by atoms with Crippen LogP contribution in [0.5, 0.6) is 0 Å². The van der Waals surface area contributed by atoms with E-state index in [4.69, 9.17) is 0 Å². The molecule has 0 saturated heterocycles. The predicted octanol–water partition coefficient (Wildman–Crippen LogP) is 1.79. The molecule has 0 amide bonds. The van der Waals surface area contributed by atoms with Crippen molar-refractivity contribution in [1.82, 2.24) is 0 Å². The number of rotatable bonds is 2. The van der Waals surface area contributed by atoms with E-state index < -0.39 is 17.9 Å². The van der Waals surface area contributed by atoms with E-state index in [0.29, 0.717) is 4.47 Å². The van der Waals surface area contributed by atoms with Gasteiger partial charge in [0.15, 0.2) is 6.10 Å². The van der Waals surface area contributed by atoms with Crippen molar-refractivity contribution in [3.63, 3.8) is 0 Å². The number of halogens is 2. The van der Waals surface area contributed by atoms with Crippen LogP contribution in [0.1, 0.15) is 11.7 Å². The summed E-state index contributed by atoms with van der Waals surface area (Å²) in [6.07, 6.45) is -1.39. The summed E-state index contributed by atoms with van der Waals surface area (Å²) in [4.78, 5) is 11.0. The minimum atomic E-state index is -1.39. The quantitative estimate of drug-likeness (QED) is 0.827. The van der Waals surface area contributed by atoms with Crippen LogP contribution in [0.3, 0.4) is 0 Å². The van der Waals surface area contributed by atoms with Crippen LogP contribution >= 0.6 is 15.9 Å². The van der Waals surface area contributed by atoms with Crippen LogP contribution in [0.25, 0.3) is 0 Å². The predicted molar refractivity (Wildman–Crippen MR) is 51.1 cm³/mol. The largest absolute Gasteiger partial charge is 0.467 e. The topological polar surface area (TPSA) is 46.5 Å². The lowest BCUT2D eigenvalue weighted by molar-refractivity contribution is -0.150. The molecule has 0 spiro atoms. The van der Waals surface area contributed by atoms with Gasteiger partial charge >= 0.3 is 5.97 Å². The fourth-order valence-electron chi connectivity index (χ4n) is 0.962. The molecule has 14 heavy (non-hydrogen) atoms. The maximum atomic E-state index is 12.7. The van der Waals surface area contributed by atoms with Gasteiger partial charge in [0, 0.05) is 10.0 Å². The third kappa shape index (κ3) is 2.30. The van der Waals surface area contributed by atoms with Gasteiger partial charge in [-0.3, -0.25) is 0 Å². The van der Waals surface area contributed by atoms with E-state index in [1.54, 1.807) is 0 Å². The maximum absolute atomic E-state index is 12.7. The van der Waals surface area contributed by atoms with Gasteiger partial charge in [-0.2, -0.15) is 0 Å². The van der Waals surface area contributed by atoms with E-state index in [-0.39, 0.29) is 5.56 Å². The number of carbonyl (C=O) groups is 1. The number of methoxy groups -OCH3 is 1. The van der Waals surface area contributed by atoms with E-state index >= 15 is 0 Å². The molecule has 0 aliphatic rings. The van der Waals surface area contributed by atoms with Crippen molar-refractivity contribution in [1.29, 1.82) is 0 Å². The highest BCUT2D eigenvalue weighted by atomic mass is 79.9. The van der Waals surface area contributed by atoms with Crippen molar-refractivity contribution < 1.29 is 19.0 Å². The van der Waals surface area contributed by atoms with Crippen LogP contribution < -0.4 is 0 Å². The Balaban J connectivity index is 3.01. The molecule has 0 radical (unpaired) electrons. The third-order valence-corrected chi connectivity index (χ3v) is 2.37. The lowest BCUT2D eigenvalue weighted by Gasteiger charge is -2.10. The van der Waals surface area contributed by atoms with Crippen molar-refractivity contribution in [3.05, 3.63) is 34.1 Å². The Kier molecular flexibility index (Phi) is 3.60. The summed E-state index contributed by atoms with van der Waals surface area (Å²) in [7, 11) is 1.17. The molecule has 1 atom stereocenters. The van der Waals surface area contributed by atoms with Crippen molar-refractivity contribution in [2.45, 2.75) is 6.10 Å². The molecular formula is C9H8BrFO3. The summed E-state index contributed by atoms with van der Waals surface area (Å²) in [5, 5.41) is 9.43. The molecule has 0 aliphatic heterocycles. The second kappa shape index (κ2) is 4.52. The van der Waals surface area contributed by atoms with Gasteiger partial charge in [0.05, 0.1) is 7.11 Å². The Morgan fingerprint density at radius 2 is 2.29 bits per heavy atom. The van der Waals surface area contributed by atoms with Crippen LogP contribution in [-0.4, -0.2) is 18.2 Å². The van der Waals surface area contributed by atoms with Gasteiger partial charge < -0.3 is 9.84 Å². The number of hydrogen-bond donors (Lipinski definition) is 1. The van der Waals surface area contributed by atoms with Crippen LogP contribution in [0.4, 0.5) is 4.39 Å². The summed E-state index contributed by atoms with van der Waals surface area (Å²) in [6, 6.07) is 3.65. The van der Waals surface area contributed by atoms with Crippen LogP contribution in [0.2, 0.25) is 0 Å². The average Bonchev–Trinajstić information content (AvgIpc) is 2.15. The highest BCUT2D eigenvalue weighted by Crippen LogP contribution is 2.24. The molecule has 1 aromatic carbocycles. The van der Waals surface area contributed by atoms with E-state index in [2.05, 4.69) is 20.7 Å². The zero-order chi connectivity index (χ0) is 10.7. The average molecular weight is 263 g/mol. The maximum Gasteiger partial charge on any atom is 0.339 e. The molecule has 0 fully saturated rings. The van der Waals surface area contributed by atoms with Gasteiger partial charge in [-0.25, -0.2) is 9.18 Å². The zero-order valence-electron chi connectivity index (χ0n) is 7.33. The van der Waals surface area contributed by atoms with E-state index in [1.165, 1.54) is 19.2 Å². The standard InChI is InChI=1S/C9H8BrFO3/c1-14-9(13)8(12)6-3-2-5(11)4-7(6)10/h2-4,8,12H,1H3. The van der Waals surface area contributed by atoms with Crippen molar-refractivity contribution >= 4 is 21.9 Å². The smallest absolute Gasteiger partial charge is 0.339 e. The Morgan fingerprint density at radius 1 is 1.64 bits per heavy atom. The highest BCUT2D eigenvalue weighted by molar-refractivity contribution is 9.10. The fraction of sp³-hybridized carbons (Fsp3) is 0.222. The first-order valence-corrected chi connectivity index (χ1v) is 4.56. The molecule has 0 aromatic heterocycles. The second-order valence-corrected chi connectivity index (χ2v) is 3.45. The van der Waals surface area contributed by atoms with Gasteiger partial charge in [-0.15, -0.1) is 0 Å². The second-order valence-electron chi connectivity index (χ2n) is 2.59. The first-order chi connectivity index (χ1) is 6.56. The first-order valence-electron chi connectivity index (χ1n) is 3.77.